The van der Waals surface area contributed by atoms with Crippen molar-refractivity contribution in [2.75, 3.05) is 0 Å². The largest absolute Gasteiger partial charge is 0.480 e. The molecular formula is C12H20N6O6. The van der Waals surface area contributed by atoms with E-state index in [0.29, 0.717) is 0 Å². The first-order valence-electron chi connectivity index (χ1n) is 6.97. The molecule has 2 unspecified atom stereocenters. The molecule has 134 valence electrons. The van der Waals surface area contributed by atoms with E-state index in [2.05, 4.69) is 20.8 Å². The fourth-order valence-corrected chi connectivity index (χ4v) is 1.70. The van der Waals surface area contributed by atoms with E-state index in [0.717, 1.165) is 0 Å². The summed E-state index contributed by atoms with van der Waals surface area (Å²) in [5.41, 5.74) is 10.7. The van der Waals surface area contributed by atoms with Crippen LogP contribution in [-0.4, -0.2) is 50.4 Å². The van der Waals surface area contributed by atoms with Crippen LogP contribution in [0.3, 0.4) is 0 Å². The van der Waals surface area contributed by atoms with Crippen molar-refractivity contribution in [3.8, 4) is 0 Å². The van der Waals surface area contributed by atoms with Crippen molar-refractivity contribution in [1.82, 2.24) is 20.8 Å². The number of nitrogens with two attached hydrogens (primary N) is 2. The number of carboxylic acid groups (broad SMARTS) is 1. The number of hydrogen-bond acceptors (Lipinski definition) is 8. The van der Waals surface area contributed by atoms with Crippen LogP contribution < -0.4 is 22.1 Å². The molecule has 1 aromatic rings. The molecule has 12 nitrogen and oxygen atoms in total. The Bertz CT molecular complexity index is 601. The Balaban J connectivity index is 2.87. The molecule has 0 bridgehead atoms. The van der Waals surface area contributed by atoms with Crippen LogP contribution in [0.25, 0.3) is 0 Å². The number of nitrogens with one attached hydrogen (secondary N) is 2. The summed E-state index contributed by atoms with van der Waals surface area (Å²) in [5, 5.41) is 26.2. The zero-order valence-electron chi connectivity index (χ0n) is 13.1. The summed E-state index contributed by atoms with van der Waals surface area (Å²) in [6.07, 6.45) is -1.70. The minimum absolute atomic E-state index is 0.111. The first-order chi connectivity index (χ1) is 11.1. The molecule has 0 saturated heterocycles. The van der Waals surface area contributed by atoms with Gasteiger partial charge in [-0.05, 0) is 13.8 Å². The molecule has 0 spiro atoms. The van der Waals surface area contributed by atoms with E-state index in [1.807, 2.05) is 0 Å². The van der Waals surface area contributed by atoms with Crippen LogP contribution in [0, 0.1) is 0 Å². The highest BCUT2D eigenvalue weighted by Crippen LogP contribution is 2.16. The van der Waals surface area contributed by atoms with Crippen molar-refractivity contribution in [2.45, 2.75) is 44.5 Å². The number of aliphatic hydroxyl groups is 1. The van der Waals surface area contributed by atoms with Crippen LogP contribution in [0.1, 0.15) is 44.1 Å². The molecule has 0 aliphatic carbocycles. The van der Waals surface area contributed by atoms with E-state index in [1.54, 1.807) is 6.92 Å². The molecule has 0 saturated carbocycles. The Morgan fingerprint density at radius 1 is 1.29 bits per heavy atom. The Kier molecular flexibility index (Phi) is 6.61. The number of carboxylic acids is 1. The predicted octanol–water partition coefficient (Wildman–Crippen LogP) is -1.86. The lowest BCUT2D eigenvalue weighted by atomic mass is 10.2. The number of hydrogen-bond donors (Lipinski definition) is 6. The lowest BCUT2D eigenvalue weighted by Crippen LogP contribution is -2.52. The van der Waals surface area contributed by atoms with Crippen molar-refractivity contribution in [3.05, 3.63) is 11.7 Å². The predicted molar refractivity (Wildman–Crippen MR) is 78.2 cm³/mol. The minimum Gasteiger partial charge on any atom is -0.480 e. The molecule has 1 aromatic heterocycles. The topological polar surface area (TPSA) is 207 Å². The zero-order valence-corrected chi connectivity index (χ0v) is 13.1. The molecule has 8 N–H and O–H groups in total. The van der Waals surface area contributed by atoms with Crippen molar-refractivity contribution < 1.29 is 29.1 Å². The molecule has 1 rings (SSSR count). The lowest BCUT2D eigenvalue weighted by Gasteiger charge is -2.19. The first kappa shape index (κ1) is 19.3. The quantitative estimate of drug-likeness (QED) is 0.312. The third-order valence-electron chi connectivity index (χ3n) is 2.91. The fraction of sp³-hybridized carbons (Fsp3) is 0.583. The SMILES string of the molecule is CC(O)C(NC(=O)N[C@@H](CC(N)=O)c1nc([C@H](C)N)no1)C(=O)O. The molecule has 0 fully saturated rings. The molecule has 1 heterocycles. The summed E-state index contributed by atoms with van der Waals surface area (Å²) in [5.74, 6) is -2.14. The maximum Gasteiger partial charge on any atom is 0.328 e. The second-order valence-corrected chi connectivity index (χ2v) is 5.18. The summed E-state index contributed by atoms with van der Waals surface area (Å²) in [7, 11) is 0. The van der Waals surface area contributed by atoms with Gasteiger partial charge >= 0.3 is 12.0 Å². The third kappa shape index (κ3) is 5.48. The highest BCUT2D eigenvalue weighted by atomic mass is 16.5. The average molecular weight is 344 g/mol. The van der Waals surface area contributed by atoms with Gasteiger partial charge in [0.1, 0.15) is 6.04 Å². The molecule has 0 aliphatic heterocycles. The van der Waals surface area contributed by atoms with E-state index < -0.39 is 42.1 Å². The first-order valence-corrected chi connectivity index (χ1v) is 6.97. The second kappa shape index (κ2) is 8.21. The van der Waals surface area contributed by atoms with E-state index in [-0.39, 0.29) is 18.1 Å². The van der Waals surface area contributed by atoms with Crippen LogP contribution >= 0.6 is 0 Å². The number of nitrogens with zero attached hydrogens (tertiary/aromatic N) is 2. The van der Waals surface area contributed by atoms with Gasteiger partial charge in [0.25, 0.3) is 0 Å². The summed E-state index contributed by atoms with van der Waals surface area (Å²) >= 11 is 0. The molecule has 12 heteroatoms. The van der Waals surface area contributed by atoms with Gasteiger partial charge in [-0.15, -0.1) is 0 Å². The van der Waals surface area contributed by atoms with E-state index in [4.69, 9.17) is 21.1 Å². The summed E-state index contributed by atoms with van der Waals surface area (Å²) in [4.78, 5) is 38.0. The van der Waals surface area contributed by atoms with Crippen LogP contribution in [0.2, 0.25) is 0 Å². The van der Waals surface area contributed by atoms with Gasteiger partial charge in [0.2, 0.25) is 11.8 Å². The van der Waals surface area contributed by atoms with Crippen molar-refractivity contribution in [2.24, 2.45) is 11.5 Å². The maximum atomic E-state index is 11.9. The molecule has 4 atom stereocenters. The van der Waals surface area contributed by atoms with Crippen molar-refractivity contribution >= 4 is 17.9 Å². The Labute approximate surface area is 136 Å². The van der Waals surface area contributed by atoms with Crippen LogP contribution in [0.4, 0.5) is 4.79 Å². The molecular weight excluding hydrogens is 324 g/mol. The lowest BCUT2D eigenvalue weighted by molar-refractivity contribution is -0.141. The number of carbonyl (C=O) groups is 3. The van der Waals surface area contributed by atoms with Gasteiger partial charge < -0.3 is 36.8 Å². The fourth-order valence-electron chi connectivity index (χ4n) is 1.70. The van der Waals surface area contributed by atoms with Crippen LogP contribution in [0.5, 0.6) is 0 Å². The summed E-state index contributed by atoms with van der Waals surface area (Å²) in [6.45, 7) is 2.81. The molecule has 0 aliphatic rings. The molecule has 24 heavy (non-hydrogen) atoms. The van der Waals surface area contributed by atoms with E-state index in [9.17, 15) is 19.5 Å². The van der Waals surface area contributed by atoms with Crippen LogP contribution in [-0.2, 0) is 9.59 Å². The Hall–Kier alpha value is -2.73. The van der Waals surface area contributed by atoms with Crippen LogP contribution in [0.15, 0.2) is 4.52 Å². The molecule has 0 aromatic carbocycles. The number of carbonyl (C=O) groups excluding carboxylic acids is 2. The van der Waals surface area contributed by atoms with Gasteiger partial charge in [-0.25, -0.2) is 9.59 Å². The summed E-state index contributed by atoms with van der Waals surface area (Å²) < 4.78 is 4.93. The zero-order chi connectivity index (χ0) is 18.4. The monoisotopic (exact) mass is 344 g/mol. The number of rotatable bonds is 8. The number of urea groups is 1. The highest BCUT2D eigenvalue weighted by molar-refractivity contribution is 5.83. The van der Waals surface area contributed by atoms with E-state index in [1.165, 1.54) is 6.92 Å². The smallest absolute Gasteiger partial charge is 0.328 e. The molecule has 3 amide bonds. The highest BCUT2D eigenvalue weighted by Gasteiger charge is 2.28. The van der Waals surface area contributed by atoms with Gasteiger partial charge in [-0.2, -0.15) is 4.98 Å². The average Bonchev–Trinajstić information content (AvgIpc) is 2.92. The normalized spacial score (nSPS) is 15.8. The van der Waals surface area contributed by atoms with Crippen molar-refractivity contribution in [1.29, 1.82) is 0 Å². The standard InChI is InChI=1S/C12H20N6O6/c1-4(13)9-17-10(24-18-9)6(3-7(14)20)15-12(23)16-8(5(2)19)11(21)22/h4-6,8,19H,3,13H2,1-2H3,(H2,14,20)(H,21,22)(H2,15,16,23)/t4-,5?,6-,8?/m0/s1. The third-order valence-corrected chi connectivity index (χ3v) is 2.91. The summed E-state index contributed by atoms with van der Waals surface area (Å²) in [6, 6.07) is -4.11. The van der Waals surface area contributed by atoms with Gasteiger partial charge in [0.15, 0.2) is 11.9 Å². The second-order valence-electron chi connectivity index (χ2n) is 5.18. The number of aliphatic hydroxyl groups excluding tert-OH is 1. The number of amides is 3. The van der Waals surface area contributed by atoms with Gasteiger partial charge in [-0.3, -0.25) is 4.79 Å². The number of primary amides is 1. The van der Waals surface area contributed by atoms with E-state index >= 15 is 0 Å². The van der Waals surface area contributed by atoms with Crippen molar-refractivity contribution in [3.63, 3.8) is 0 Å². The molecule has 0 radical (unpaired) electrons. The number of aliphatic carboxylic acids is 1. The number of aromatic nitrogens is 2. The van der Waals surface area contributed by atoms with Gasteiger partial charge in [0, 0.05) is 0 Å². The Morgan fingerprint density at radius 2 is 1.92 bits per heavy atom. The minimum atomic E-state index is -1.54. The van der Waals surface area contributed by atoms with Gasteiger partial charge in [0.05, 0.1) is 18.6 Å². The van der Waals surface area contributed by atoms with Gasteiger partial charge in [-0.1, -0.05) is 5.16 Å². The maximum absolute atomic E-state index is 11.9. The Morgan fingerprint density at radius 3 is 2.33 bits per heavy atom.